The number of hydrogen-bond acceptors (Lipinski definition) is 5. The zero-order valence-corrected chi connectivity index (χ0v) is 12.7. The van der Waals surface area contributed by atoms with Crippen LogP contribution in [0.2, 0.25) is 5.02 Å². The molecule has 0 aliphatic rings. The van der Waals surface area contributed by atoms with E-state index in [1.165, 1.54) is 6.20 Å². The van der Waals surface area contributed by atoms with Crippen LogP contribution in [0.15, 0.2) is 18.6 Å². The molecule has 21 heavy (non-hydrogen) atoms. The van der Waals surface area contributed by atoms with Gasteiger partial charge >= 0.3 is 0 Å². The number of hydrogen-bond donors (Lipinski definition) is 2. The van der Waals surface area contributed by atoms with Crippen molar-refractivity contribution in [2.24, 2.45) is 7.05 Å². The number of anilines is 1. The number of carbonyl (C=O) groups is 1. The third-order valence-corrected chi connectivity index (χ3v) is 3.02. The predicted octanol–water partition coefficient (Wildman–Crippen LogP) is 1.27. The fraction of sp³-hybridized carbons (Fsp3) is 0.385. The standard InChI is InChI=1S/C13H17ClN6O/c1-3-15-12-10(14)6-9(7-17-12)13(21)16-5-4-11-18-8-20(2)19-11/h6-8H,3-5H2,1-2H3,(H,15,17)(H,16,21). The van der Waals surface area contributed by atoms with E-state index < -0.39 is 0 Å². The summed E-state index contributed by atoms with van der Waals surface area (Å²) in [6.07, 6.45) is 3.70. The summed E-state index contributed by atoms with van der Waals surface area (Å²) in [5, 5.41) is 10.4. The molecule has 0 saturated heterocycles. The summed E-state index contributed by atoms with van der Waals surface area (Å²) in [7, 11) is 1.80. The predicted molar refractivity (Wildman–Crippen MR) is 80.5 cm³/mol. The van der Waals surface area contributed by atoms with Crippen LogP contribution in [0.4, 0.5) is 5.82 Å². The molecule has 2 heterocycles. The zero-order chi connectivity index (χ0) is 15.2. The Labute approximate surface area is 127 Å². The van der Waals surface area contributed by atoms with E-state index in [2.05, 4.69) is 25.7 Å². The second-order valence-electron chi connectivity index (χ2n) is 4.43. The second-order valence-corrected chi connectivity index (χ2v) is 4.83. The van der Waals surface area contributed by atoms with Gasteiger partial charge in [0.2, 0.25) is 0 Å². The zero-order valence-electron chi connectivity index (χ0n) is 11.9. The summed E-state index contributed by atoms with van der Waals surface area (Å²) >= 11 is 6.06. The van der Waals surface area contributed by atoms with Crippen molar-refractivity contribution in [2.75, 3.05) is 18.4 Å². The Balaban J connectivity index is 1.89. The van der Waals surface area contributed by atoms with E-state index >= 15 is 0 Å². The summed E-state index contributed by atoms with van der Waals surface area (Å²) in [6, 6.07) is 1.60. The molecular weight excluding hydrogens is 292 g/mol. The highest BCUT2D eigenvalue weighted by atomic mass is 35.5. The van der Waals surface area contributed by atoms with Crippen LogP contribution in [0.1, 0.15) is 23.1 Å². The topological polar surface area (TPSA) is 84.7 Å². The minimum Gasteiger partial charge on any atom is -0.369 e. The molecule has 0 aromatic carbocycles. The third kappa shape index (κ3) is 4.16. The van der Waals surface area contributed by atoms with Gasteiger partial charge in [0, 0.05) is 32.8 Å². The smallest absolute Gasteiger partial charge is 0.252 e. The molecule has 0 atom stereocenters. The molecular formula is C13H17ClN6O. The normalized spacial score (nSPS) is 10.4. The first-order valence-electron chi connectivity index (χ1n) is 6.62. The lowest BCUT2D eigenvalue weighted by molar-refractivity contribution is 0.0953. The van der Waals surface area contributed by atoms with Crippen molar-refractivity contribution in [3.8, 4) is 0 Å². The van der Waals surface area contributed by atoms with Crippen LogP contribution < -0.4 is 10.6 Å². The molecule has 0 bridgehead atoms. The van der Waals surface area contributed by atoms with Crippen LogP contribution in [-0.2, 0) is 13.5 Å². The Hall–Kier alpha value is -2.15. The highest BCUT2D eigenvalue weighted by Crippen LogP contribution is 2.19. The molecule has 0 aliphatic carbocycles. The largest absolute Gasteiger partial charge is 0.369 e. The molecule has 0 aliphatic heterocycles. The van der Waals surface area contributed by atoms with E-state index in [4.69, 9.17) is 11.6 Å². The lowest BCUT2D eigenvalue weighted by Gasteiger charge is -2.07. The average molecular weight is 309 g/mol. The van der Waals surface area contributed by atoms with Crippen molar-refractivity contribution >= 4 is 23.3 Å². The summed E-state index contributed by atoms with van der Waals surface area (Å²) in [5.41, 5.74) is 0.427. The average Bonchev–Trinajstić information content (AvgIpc) is 2.87. The number of rotatable bonds is 6. The molecule has 0 spiro atoms. The summed E-state index contributed by atoms with van der Waals surface area (Å²) in [4.78, 5) is 20.2. The molecule has 7 nitrogen and oxygen atoms in total. The minimum absolute atomic E-state index is 0.219. The highest BCUT2D eigenvalue weighted by molar-refractivity contribution is 6.33. The molecule has 2 aromatic heterocycles. The van der Waals surface area contributed by atoms with Gasteiger partial charge in [0.25, 0.3) is 5.91 Å². The molecule has 2 rings (SSSR count). The van der Waals surface area contributed by atoms with Crippen LogP contribution in [0, 0.1) is 0 Å². The number of pyridine rings is 1. The number of carbonyl (C=O) groups excluding carboxylic acids is 1. The van der Waals surface area contributed by atoms with Crippen LogP contribution in [0.5, 0.6) is 0 Å². The van der Waals surface area contributed by atoms with Crippen molar-refractivity contribution in [3.05, 3.63) is 35.0 Å². The first kappa shape index (κ1) is 15.2. The number of nitrogens with one attached hydrogen (secondary N) is 2. The van der Waals surface area contributed by atoms with Gasteiger partial charge in [-0.25, -0.2) is 9.97 Å². The van der Waals surface area contributed by atoms with E-state index in [0.29, 0.717) is 35.2 Å². The molecule has 0 fully saturated rings. The summed E-state index contributed by atoms with van der Waals surface area (Å²) in [5.74, 6) is 1.05. The molecule has 1 amide bonds. The van der Waals surface area contributed by atoms with Crippen LogP contribution in [0.3, 0.4) is 0 Å². The van der Waals surface area contributed by atoms with E-state index in [9.17, 15) is 4.79 Å². The van der Waals surface area contributed by atoms with Crippen molar-refractivity contribution in [1.29, 1.82) is 0 Å². The molecule has 0 radical (unpaired) electrons. The maximum absolute atomic E-state index is 12.0. The number of halogens is 1. The van der Waals surface area contributed by atoms with Gasteiger partial charge in [0.15, 0.2) is 5.82 Å². The van der Waals surface area contributed by atoms with Crippen LogP contribution in [0.25, 0.3) is 0 Å². The molecule has 0 unspecified atom stereocenters. The maximum atomic E-state index is 12.0. The van der Waals surface area contributed by atoms with Gasteiger partial charge in [-0.2, -0.15) is 5.10 Å². The number of aryl methyl sites for hydroxylation is 1. The monoisotopic (exact) mass is 308 g/mol. The van der Waals surface area contributed by atoms with Gasteiger partial charge in [-0.1, -0.05) is 11.6 Å². The van der Waals surface area contributed by atoms with Crippen LogP contribution in [-0.4, -0.2) is 38.7 Å². The summed E-state index contributed by atoms with van der Waals surface area (Å²) < 4.78 is 1.63. The maximum Gasteiger partial charge on any atom is 0.252 e. The lowest BCUT2D eigenvalue weighted by atomic mass is 10.2. The van der Waals surface area contributed by atoms with Gasteiger partial charge in [-0.3, -0.25) is 9.48 Å². The van der Waals surface area contributed by atoms with Gasteiger partial charge < -0.3 is 10.6 Å². The van der Waals surface area contributed by atoms with Crippen molar-refractivity contribution in [1.82, 2.24) is 25.1 Å². The Morgan fingerprint density at radius 3 is 2.86 bits per heavy atom. The van der Waals surface area contributed by atoms with E-state index in [-0.39, 0.29) is 5.91 Å². The quantitative estimate of drug-likeness (QED) is 0.839. The van der Waals surface area contributed by atoms with Gasteiger partial charge in [-0.15, -0.1) is 0 Å². The number of aromatic nitrogens is 4. The fourth-order valence-electron chi connectivity index (χ4n) is 1.75. The molecule has 8 heteroatoms. The van der Waals surface area contributed by atoms with E-state index in [0.717, 1.165) is 6.54 Å². The minimum atomic E-state index is -0.219. The lowest BCUT2D eigenvalue weighted by Crippen LogP contribution is -2.26. The SMILES string of the molecule is CCNc1ncc(C(=O)NCCc2ncn(C)n2)cc1Cl. The van der Waals surface area contributed by atoms with Crippen molar-refractivity contribution in [2.45, 2.75) is 13.3 Å². The van der Waals surface area contributed by atoms with Gasteiger partial charge in [0.05, 0.1) is 10.6 Å². The summed E-state index contributed by atoms with van der Waals surface area (Å²) in [6.45, 7) is 3.12. The van der Waals surface area contributed by atoms with Crippen molar-refractivity contribution in [3.63, 3.8) is 0 Å². The van der Waals surface area contributed by atoms with Gasteiger partial charge in [0.1, 0.15) is 12.1 Å². The number of nitrogens with zero attached hydrogens (tertiary/aromatic N) is 4. The van der Waals surface area contributed by atoms with Crippen molar-refractivity contribution < 1.29 is 4.79 Å². The molecule has 2 aromatic rings. The Kier molecular flexibility index (Phi) is 5.10. The highest BCUT2D eigenvalue weighted by Gasteiger charge is 2.09. The van der Waals surface area contributed by atoms with E-state index in [1.807, 2.05) is 6.92 Å². The molecule has 112 valence electrons. The Morgan fingerprint density at radius 1 is 1.43 bits per heavy atom. The second kappa shape index (κ2) is 7.03. The fourth-order valence-corrected chi connectivity index (χ4v) is 1.98. The van der Waals surface area contributed by atoms with E-state index in [1.54, 1.807) is 24.1 Å². The Bertz CT molecular complexity index is 627. The van der Waals surface area contributed by atoms with Crippen LogP contribution >= 0.6 is 11.6 Å². The van der Waals surface area contributed by atoms with Gasteiger partial charge in [-0.05, 0) is 13.0 Å². The molecule has 2 N–H and O–H groups in total. The molecule has 0 saturated carbocycles. The first-order chi connectivity index (χ1) is 10.1. The first-order valence-corrected chi connectivity index (χ1v) is 7.00. The third-order valence-electron chi connectivity index (χ3n) is 2.73. The Morgan fingerprint density at radius 2 is 2.24 bits per heavy atom. The number of amides is 1.